The average Bonchev–Trinajstić information content (AvgIpc) is 2.57. The number of benzene rings is 1. The van der Waals surface area contributed by atoms with Crippen molar-refractivity contribution in [2.75, 3.05) is 6.54 Å². The molecule has 0 aromatic heterocycles. The van der Waals surface area contributed by atoms with Crippen LogP contribution in [0.2, 0.25) is 0 Å². The predicted molar refractivity (Wildman–Crippen MR) is 98.3 cm³/mol. The van der Waals surface area contributed by atoms with E-state index in [0.29, 0.717) is 12.8 Å². The lowest BCUT2D eigenvalue weighted by Gasteiger charge is -2.21. The van der Waals surface area contributed by atoms with Crippen LogP contribution in [0.4, 0.5) is 5.69 Å². The molecule has 3 N–H and O–H groups in total. The third-order valence-electron chi connectivity index (χ3n) is 3.79. The highest BCUT2D eigenvalue weighted by Gasteiger charge is 2.22. The summed E-state index contributed by atoms with van der Waals surface area (Å²) in [5, 5.41) is 24.8. The van der Waals surface area contributed by atoms with E-state index in [2.05, 4.69) is 10.6 Å². The summed E-state index contributed by atoms with van der Waals surface area (Å²) in [5.74, 6) is -2.04. The zero-order valence-electron chi connectivity index (χ0n) is 15.7. The molecule has 148 valence electrons. The molecule has 1 rings (SSSR count). The zero-order valence-corrected chi connectivity index (χ0v) is 15.7. The highest BCUT2D eigenvalue weighted by molar-refractivity contribution is 5.94. The Morgan fingerprint density at radius 3 is 2.26 bits per heavy atom. The number of aliphatic carboxylic acids is 1. The van der Waals surface area contributed by atoms with Gasteiger partial charge in [0.1, 0.15) is 6.04 Å². The maximum Gasteiger partial charge on any atom is 0.326 e. The molecule has 0 saturated heterocycles. The van der Waals surface area contributed by atoms with Crippen LogP contribution in [0.15, 0.2) is 24.3 Å². The molecular formula is C18H25N3O6. The number of amides is 2. The number of carboxylic acid groups (broad SMARTS) is 1. The molecular weight excluding hydrogens is 354 g/mol. The number of hydrogen-bond donors (Lipinski definition) is 3. The Kier molecular flexibility index (Phi) is 7.89. The molecule has 0 aliphatic carbocycles. The summed E-state index contributed by atoms with van der Waals surface area (Å²) >= 11 is 0. The number of nitro benzene ring substituents is 1. The molecule has 0 radical (unpaired) electrons. The van der Waals surface area contributed by atoms with Gasteiger partial charge in [0.15, 0.2) is 0 Å². The van der Waals surface area contributed by atoms with Gasteiger partial charge >= 0.3 is 5.97 Å². The van der Waals surface area contributed by atoms with Gasteiger partial charge in [-0.25, -0.2) is 4.79 Å². The van der Waals surface area contributed by atoms with Crippen LogP contribution in [0.3, 0.4) is 0 Å². The topological polar surface area (TPSA) is 139 Å². The van der Waals surface area contributed by atoms with E-state index in [1.54, 1.807) is 0 Å². The van der Waals surface area contributed by atoms with Crippen LogP contribution in [0.5, 0.6) is 0 Å². The SMILES string of the molecule is CC(C)(C)CCC(NC(=O)CCNC(=O)c1ccc([N+](=O)[O-])cc1)C(=O)O. The molecule has 1 aromatic carbocycles. The molecule has 0 aliphatic heterocycles. The van der Waals surface area contributed by atoms with Gasteiger partial charge in [-0.1, -0.05) is 20.8 Å². The summed E-state index contributed by atoms with van der Waals surface area (Å²) in [6.07, 6.45) is 0.888. The maximum atomic E-state index is 11.9. The first-order valence-corrected chi connectivity index (χ1v) is 8.54. The molecule has 0 fully saturated rings. The number of non-ortho nitro benzene ring substituents is 1. The van der Waals surface area contributed by atoms with E-state index in [0.717, 1.165) is 0 Å². The Labute approximate surface area is 157 Å². The number of carbonyl (C=O) groups is 3. The fourth-order valence-electron chi connectivity index (χ4n) is 2.23. The molecule has 1 atom stereocenters. The highest BCUT2D eigenvalue weighted by atomic mass is 16.6. The Morgan fingerprint density at radius 1 is 1.19 bits per heavy atom. The van der Waals surface area contributed by atoms with Crippen LogP contribution in [0.25, 0.3) is 0 Å². The highest BCUT2D eigenvalue weighted by Crippen LogP contribution is 2.21. The fourth-order valence-corrected chi connectivity index (χ4v) is 2.23. The van der Waals surface area contributed by atoms with Gasteiger partial charge in [-0.3, -0.25) is 19.7 Å². The number of rotatable bonds is 9. The van der Waals surface area contributed by atoms with Gasteiger partial charge in [0.25, 0.3) is 11.6 Å². The first-order valence-electron chi connectivity index (χ1n) is 8.54. The van der Waals surface area contributed by atoms with E-state index in [1.165, 1.54) is 24.3 Å². The fraction of sp³-hybridized carbons (Fsp3) is 0.500. The lowest BCUT2D eigenvalue weighted by atomic mass is 9.88. The van der Waals surface area contributed by atoms with Crippen molar-refractivity contribution in [1.82, 2.24) is 10.6 Å². The number of carboxylic acids is 1. The van der Waals surface area contributed by atoms with Gasteiger partial charge in [0, 0.05) is 30.7 Å². The molecule has 9 heteroatoms. The largest absolute Gasteiger partial charge is 0.480 e. The summed E-state index contributed by atoms with van der Waals surface area (Å²) in [6, 6.07) is 4.10. The van der Waals surface area contributed by atoms with Crippen molar-refractivity contribution < 1.29 is 24.4 Å². The summed E-state index contributed by atoms with van der Waals surface area (Å²) < 4.78 is 0. The molecule has 0 aliphatic rings. The van der Waals surface area contributed by atoms with Gasteiger partial charge in [0.05, 0.1) is 4.92 Å². The van der Waals surface area contributed by atoms with Crippen molar-refractivity contribution in [3.8, 4) is 0 Å². The Morgan fingerprint density at radius 2 is 1.78 bits per heavy atom. The second-order valence-corrected chi connectivity index (χ2v) is 7.37. The number of nitrogens with zero attached hydrogens (tertiary/aromatic N) is 1. The van der Waals surface area contributed by atoms with Crippen LogP contribution < -0.4 is 10.6 Å². The molecule has 2 amide bonds. The molecule has 0 spiro atoms. The lowest BCUT2D eigenvalue weighted by Crippen LogP contribution is -2.42. The van der Waals surface area contributed by atoms with Gasteiger partial charge in [0.2, 0.25) is 5.91 Å². The molecule has 9 nitrogen and oxygen atoms in total. The lowest BCUT2D eigenvalue weighted by molar-refractivity contribution is -0.384. The van der Waals surface area contributed by atoms with Crippen molar-refractivity contribution >= 4 is 23.5 Å². The van der Waals surface area contributed by atoms with E-state index in [9.17, 15) is 29.6 Å². The predicted octanol–water partition coefficient (Wildman–Crippen LogP) is 2.11. The van der Waals surface area contributed by atoms with E-state index in [-0.39, 0.29) is 29.6 Å². The summed E-state index contributed by atoms with van der Waals surface area (Å²) in [6.45, 7) is 5.98. The number of nitrogens with one attached hydrogen (secondary N) is 2. The minimum absolute atomic E-state index is 0.0211. The Hall–Kier alpha value is -2.97. The minimum atomic E-state index is -1.09. The molecule has 1 unspecified atom stereocenters. The third kappa shape index (κ3) is 8.30. The number of carbonyl (C=O) groups excluding carboxylic acids is 2. The van der Waals surface area contributed by atoms with Crippen LogP contribution in [0.1, 0.15) is 50.4 Å². The monoisotopic (exact) mass is 379 g/mol. The van der Waals surface area contributed by atoms with Crippen molar-refractivity contribution in [3.63, 3.8) is 0 Å². The van der Waals surface area contributed by atoms with Crippen molar-refractivity contribution in [2.24, 2.45) is 5.41 Å². The van der Waals surface area contributed by atoms with Crippen molar-refractivity contribution in [1.29, 1.82) is 0 Å². The van der Waals surface area contributed by atoms with E-state index >= 15 is 0 Å². The first kappa shape index (κ1) is 22.1. The van der Waals surface area contributed by atoms with Crippen LogP contribution in [-0.2, 0) is 9.59 Å². The van der Waals surface area contributed by atoms with Gasteiger partial charge < -0.3 is 15.7 Å². The van der Waals surface area contributed by atoms with Crippen molar-refractivity contribution in [3.05, 3.63) is 39.9 Å². The molecule has 0 heterocycles. The second kappa shape index (κ2) is 9.65. The molecule has 0 bridgehead atoms. The summed E-state index contributed by atoms with van der Waals surface area (Å²) in [7, 11) is 0. The Bertz CT molecular complexity index is 694. The standard InChI is InChI=1S/C18H25N3O6/c1-18(2,3)10-8-14(17(24)25)20-15(22)9-11-19-16(23)12-4-6-13(7-5-12)21(26)27/h4-7,14H,8-11H2,1-3H3,(H,19,23)(H,20,22)(H,24,25). The number of hydrogen-bond acceptors (Lipinski definition) is 5. The minimum Gasteiger partial charge on any atom is -0.480 e. The molecule has 27 heavy (non-hydrogen) atoms. The maximum absolute atomic E-state index is 11.9. The van der Waals surface area contributed by atoms with Crippen molar-refractivity contribution in [2.45, 2.75) is 46.1 Å². The van der Waals surface area contributed by atoms with Crippen LogP contribution in [0, 0.1) is 15.5 Å². The van der Waals surface area contributed by atoms with Crippen LogP contribution in [-0.4, -0.2) is 40.4 Å². The molecule has 0 saturated carbocycles. The van der Waals surface area contributed by atoms with E-state index in [4.69, 9.17) is 0 Å². The second-order valence-electron chi connectivity index (χ2n) is 7.37. The van der Waals surface area contributed by atoms with Gasteiger partial charge in [-0.2, -0.15) is 0 Å². The molecule has 1 aromatic rings. The summed E-state index contributed by atoms with van der Waals surface area (Å²) in [5.41, 5.74) is 0.0625. The average molecular weight is 379 g/mol. The quantitative estimate of drug-likeness (QED) is 0.444. The smallest absolute Gasteiger partial charge is 0.326 e. The van der Waals surface area contributed by atoms with Gasteiger partial charge in [-0.15, -0.1) is 0 Å². The normalized spacial score (nSPS) is 12.1. The Balaban J connectivity index is 2.45. The van der Waals surface area contributed by atoms with Crippen LogP contribution >= 0.6 is 0 Å². The number of nitro groups is 1. The zero-order chi connectivity index (χ0) is 20.6. The van der Waals surface area contributed by atoms with E-state index < -0.39 is 28.7 Å². The summed E-state index contributed by atoms with van der Waals surface area (Å²) in [4.78, 5) is 45.1. The van der Waals surface area contributed by atoms with E-state index in [1.807, 2.05) is 20.8 Å². The van der Waals surface area contributed by atoms with Gasteiger partial charge in [-0.05, 0) is 30.4 Å². The third-order valence-corrected chi connectivity index (χ3v) is 3.79. The first-order chi connectivity index (χ1) is 12.5.